The molecule has 2 aromatic rings. The smallest absolute Gasteiger partial charge is 0.356 e. The molecule has 0 bridgehead atoms. The van der Waals surface area contributed by atoms with Crippen molar-refractivity contribution in [3.8, 4) is 0 Å². The SMILES string of the molecule is Cc1cc(C(=O)NC2CCN(c3ccc(C(F)(F)F)cn3)CC2)sc1C. The topological polar surface area (TPSA) is 45.2 Å². The number of aromatic nitrogens is 1. The van der Waals surface area contributed by atoms with Crippen LogP contribution in [0.2, 0.25) is 0 Å². The lowest BCUT2D eigenvalue weighted by Crippen LogP contribution is -2.44. The number of aryl methyl sites for hydroxylation is 2. The molecule has 0 spiro atoms. The second kappa shape index (κ2) is 7.26. The number of thiophene rings is 1. The van der Waals surface area contributed by atoms with E-state index in [9.17, 15) is 18.0 Å². The molecule has 3 heterocycles. The van der Waals surface area contributed by atoms with Gasteiger partial charge in [0.25, 0.3) is 5.91 Å². The summed E-state index contributed by atoms with van der Waals surface area (Å²) in [5.41, 5.74) is 0.369. The Kier molecular flexibility index (Phi) is 5.22. The number of alkyl halides is 3. The fourth-order valence-electron chi connectivity index (χ4n) is 2.94. The van der Waals surface area contributed by atoms with E-state index in [0.29, 0.717) is 23.8 Å². The van der Waals surface area contributed by atoms with E-state index < -0.39 is 11.7 Å². The van der Waals surface area contributed by atoms with E-state index in [2.05, 4.69) is 10.3 Å². The van der Waals surface area contributed by atoms with Gasteiger partial charge in [-0.25, -0.2) is 4.98 Å². The third-order valence-corrected chi connectivity index (χ3v) is 5.77. The van der Waals surface area contributed by atoms with Gasteiger partial charge in [0, 0.05) is 30.2 Å². The first-order valence-corrected chi connectivity index (χ1v) is 9.22. The minimum absolute atomic E-state index is 0.0581. The fourth-order valence-corrected chi connectivity index (χ4v) is 3.87. The fraction of sp³-hybridized carbons (Fsp3) is 0.444. The predicted octanol–water partition coefficient (Wildman–Crippen LogP) is 4.18. The van der Waals surface area contributed by atoms with E-state index >= 15 is 0 Å². The number of hydrogen-bond donors (Lipinski definition) is 1. The summed E-state index contributed by atoms with van der Waals surface area (Å²) < 4.78 is 37.8. The van der Waals surface area contributed by atoms with Crippen LogP contribution in [0.5, 0.6) is 0 Å². The van der Waals surface area contributed by atoms with E-state index in [-0.39, 0.29) is 11.9 Å². The van der Waals surface area contributed by atoms with Crippen molar-refractivity contribution in [1.82, 2.24) is 10.3 Å². The van der Waals surface area contributed by atoms with Gasteiger partial charge in [0.05, 0.1) is 10.4 Å². The highest BCUT2D eigenvalue weighted by molar-refractivity contribution is 7.14. The van der Waals surface area contributed by atoms with Gasteiger partial charge in [-0.2, -0.15) is 13.2 Å². The standard InChI is InChI=1S/C18H20F3N3OS/c1-11-9-15(26-12(11)2)17(25)23-14-5-7-24(8-6-14)16-4-3-13(10-22-16)18(19,20)21/h3-4,9-10,14H,5-8H2,1-2H3,(H,23,25). The van der Waals surface area contributed by atoms with E-state index in [0.717, 1.165) is 35.5 Å². The number of rotatable bonds is 3. The van der Waals surface area contributed by atoms with Crippen molar-refractivity contribution in [3.05, 3.63) is 45.3 Å². The predicted molar refractivity (Wildman–Crippen MR) is 95.7 cm³/mol. The molecule has 3 rings (SSSR count). The van der Waals surface area contributed by atoms with Crippen LogP contribution in [0.3, 0.4) is 0 Å². The lowest BCUT2D eigenvalue weighted by atomic mass is 10.0. The van der Waals surface area contributed by atoms with Crippen LogP contribution in [0, 0.1) is 13.8 Å². The van der Waals surface area contributed by atoms with Gasteiger partial charge in [0.2, 0.25) is 0 Å². The molecule has 1 N–H and O–H groups in total. The Hall–Kier alpha value is -2.09. The molecular formula is C18H20F3N3OS. The molecule has 0 aromatic carbocycles. The molecule has 1 amide bonds. The highest BCUT2D eigenvalue weighted by atomic mass is 32.1. The molecule has 0 aliphatic carbocycles. The molecule has 8 heteroatoms. The number of halogens is 3. The molecule has 1 fully saturated rings. The highest BCUT2D eigenvalue weighted by Crippen LogP contribution is 2.30. The largest absolute Gasteiger partial charge is 0.417 e. The molecule has 4 nitrogen and oxygen atoms in total. The van der Waals surface area contributed by atoms with Gasteiger partial charge < -0.3 is 10.2 Å². The van der Waals surface area contributed by atoms with Crippen molar-refractivity contribution in [1.29, 1.82) is 0 Å². The number of carbonyl (C=O) groups is 1. The summed E-state index contributed by atoms with van der Waals surface area (Å²) >= 11 is 1.49. The zero-order valence-electron chi connectivity index (χ0n) is 14.6. The molecule has 1 saturated heterocycles. The van der Waals surface area contributed by atoms with Crippen LogP contribution in [0.25, 0.3) is 0 Å². The van der Waals surface area contributed by atoms with E-state index in [4.69, 9.17) is 0 Å². The van der Waals surface area contributed by atoms with Gasteiger partial charge in [0.15, 0.2) is 0 Å². The molecule has 2 aromatic heterocycles. The Morgan fingerprint density at radius 2 is 1.96 bits per heavy atom. The maximum atomic E-state index is 12.6. The van der Waals surface area contributed by atoms with Crippen molar-refractivity contribution < 1.29 is 18.0 Å². The first-order chi connectivity index (χ1) is 12.2. The van der Waals surface area contributed by atoms with E-state index in [1.54, 1.807) is 0 Å². The Morgan fingerprint density at radius 3 is 2.46 bits per heavy atom. The number of amides is 1. The van der Waals surface area contributed by atoms with Crippen LogP contribution in [-0.2, 0) is 6.18 Å². The Labute approximate surface area is 154 Å². The number of hydrogen-bond acceptors (Lipinski definition) is 4. The average Bonchev–Trinajstić information content (AvgIpc) is 2.94. The summed E-state index contributed by atoms with van der Waals surface area (Å²) in [6.07, 6.45) is -2.04. The van der Waals surface area contributed by atoms with Gasteiger partial charge in [-0.15, -0.1) is 11.3 Å². The van der Waals surface area contributed by atoms with Crippen molar-refractivity contribution in [2.75, 3.05) is 18.0 Å². The van der Waals surface area contributed by atoms with E-state index in [1.807, 2.05) is 24.8 Å². The third kappa shape index (κ3) is 4.17. The number of piperidine rings is 1. The number of anilines is 1. The summed E-state index contributed by atoms with van der Waals surface area (Å²) in [6, 6.07) is 4.42. The molecule has 0 atom stereocenters. The molecule has 140 valence electrons. The van der Waals surface area contributed by atoms with E-state index in [1.165, 1.54) is 17.4 Å². The van der Waals surface area contributed by atoms with Gasteiger partial charge in [-0.3, -0.25) is 4.79 Å². The molecule has 1 aliphatic rings. The number of nitrogens with one attached hydrogen (secondary N) is 1. The summed E-state index contributed by atoms with van der Waals surface area (Å²) in [6.45, 7) is 5.27. The number of carbonyl (C=O) groups excluding carboxylic acids is 1. The second-order valence-corrected chi connectivity index (χ2v) is 7.74. The average molecular weight is 383 g/mol. The minimum atomic E-state index is -4.37. The maximum Gasteiger partial charge on any atom is 0.417 e. The minimum Gasteiger partial charge on any atom is -0.356 e. The van der Waals surface area contributed by atoms with Crippen LogP contribution in [0.15, 0.2) is 24.4 Å². The van der Waals surface area contributed by atoms with Gasteiger partial charge in [-0.05, 0) is 50.5 Å². The maximum absolute atomic E-state index is 12.6. The summed E-state index contributed by atoms with van der Waals surface area (Å²) in [5.74, 6) is 0.476. The molecule has 0 saturated carbocycles. The van der Waals surface area contributed by atoms with Crippen molar-refractivity contribution in [3.63, 3.8) is 0 Å². The van der Waals surface area contributed by atoms with Crippen molar-refractivity contribution in [2.45, 2.75) is 38.9 Å². The first-order valence-electron chi connectivity index (χ1n) is 8.40. The monoisotopic (exact) mass is 383 g/mol. The molecule has 1 aliphatic heterocycles. The quantitative estimate of drug-likeness (QED) is 0.865. The molecular weight excluding hydrogens is 363 g/mol. The van der Waals surface area contributed by atoms with Crippen LogP contribution in [-0.4, -0.2) is 30.0 Å². The summed E-state index contributed by atoms with van der Waals surface area (Å²) in [7, 11) is 0. The van der Waals surface area contributed by atoms with Crippen LogP contribution in [0.4, 0.5) is 19.0 Å². The Bertz CT molecular complexity index is 758. The van der Waals surface area contributed by atoms with Crippen molar-refractivity contribution in [2.24, 2.45) is 0 Å². The summed E-state index contributed by atoms with van der Waals surface area (Å²) in [4.78, 5) is 20.1. The lowest BCUT2D eigenvalue weighted by molar-refractivity contribution is -0.137. The number of pyridine rings is 1. The van der Waals surface area contributed by atoms with Gasteiger partial charge in [-0.1, -0.05) is 0 Å². The first kappa shape index (κ1) is 18.7. The van der Waals surface area contributed by atoms with Crippen LogP contribution >= 0.6 is 11.3 Å². The Morgan fingerprint density at radius 1 is 1.27 bits per heavy atom. The zero-order chi connectivity index (χ0) is 18.9. The highest BCUT2D eigenvalue weighted by Gasteiger charge is 2.31. The molecule has 26 heavy (non-hydrogen) atoms. The third-order valence-electron chi connectivity index (χ3n) is 4.62. The van der Waals surface area contributed by atoms with Gasteiger partial charge >= 0.3 is 6.18 Å². The normalized spacial score (nSPS) is 16.0. The number of nitrogens with zero attached hydrogens (tertiary/aromatic N) is 2. The lowest BCUT2D eigenvalue weighted by Gasteiger charge is -2.33. The second-order valence-electron chi connectivity index (χ2n) is 6.49. The summed E-state index contributed by atoms with van der Waals surface area (Å²) in [5, 5.41) is 3.05. The molecule has 0 radical (unpaired) electrons. The van der Waals surface area contributed by atoms with Crippen LogP contribution < -0.4 is 10.2 Å². The van der Waals surface area contributed by atoms with Crippen LogP contribution in [0.1, 0.15) is 38.5 Å². The molecule has 0 unspecified atom stereocenters. The zero-order valence-corrected chi connectivity index (χ0v) is 15.4. The Balaban J connectivity index is 1.55. The van der Waals surface area contributed by atoms with Gasteiger partial charge in [0.1, 0.15) is 5.82 Å². The van der Waals surface area contributed by atoms with Crippen molar-refractivity contribution >= 4 is 23.1 Å².